The van der Waals surface area contributed by atoms with E-state index in [1.807, 2.05) is 78.0 Å². The van der Waals surface area contributed by atoms with Gasteiger partial charge in [0.15, 0.2) is 0 Å². The molecule has 3 aliphatic heterocycles. The zero-order chi connectivity index (χ0) is 20.7. The van der Waals surface area contributed by atoms with Crippen LogP contribution in [0.4, 0.5) is 9.59 Å². The van der Waals surface area contributed by atoms with Crippen LogP contribution in [0.5, 0.6) is 0 Å². The van der Waals surface area contributed by atoms with Crippen LogP contribution in [0, 0.1) is 5.92 Å². The van der Waals surface area contributed by atoms with Gasteiger partial charge in [-0.1, -0.05) is 42.5 Å². The Bertz CT molecular complexity index is 751. The summed E-state index contributed by atoms with van der Waals surface area (Å²) >= 11 is 0. The largest absolute Gasteiger partial charge is 0.444 e. The standard InChI is InChI=1S/C22H30N2O4/c1-21(2,3)27-19(25)23-14-13-15-11-12-17(23)18-10-8-7-9-16(15)24(18)20(26)28-22(4,5)6/h7-18H,1-6H3/t15-,16+,17+,18+/m1/s1. The minimum atomic E-state index is -0.608. The molecular formula is C22H30N2O4. The van der Waals surface area contributed by atoms with Crippen LogP contribution in [0.2, 0.25) is 0 Å². The Hall–Kier alpha value is -2.50. The van der Waals surface area contributed by atoms with Gasteiger partial charge in [0.1, 0.15) is 11.2 Å². The summed E-state index contributed by atoms with van der Waals surface area (Å²) in [6, 6.07) is -0.938. The Morgan fingerprint density at radius 1 is 0.714 bits per heavy atom. The lowest BCUT2D eigenvalue weighted by atomic mass is 9.97. The number of fused-ring (bicyclic) bond motifs is 6. The second-order valence-corrected chi connectivity index (χ2v) is 9.32. The van der Waals surface area contributed by atoms with Crippen molar-refractivity contribution in [2.24, 2.45) is 5.92 Å². The third-order valence-electron chi connectivity index (χ3n) is 4.64. The average molecular weight is 386 g/mol. The molecule has 152 valence electrons. The van der Waals surface area contributed by atoms with Gasteiger partial charge >= 0.3 is 12.2 Å². The number of carbonyl (C=O) groups is 2. The Labute approximate surface area is 167 Å². The lowest BCUT2D eigenvalue weighted by Gasteiger charge is -2.42. The summed E-state index contributed by atoms with van der Waals surface area (Å²) in [6.45, 7) is 11.1. The summed E-state index contributed by atoms with van der Waals surface area (Å²) in [7, 11) is 0. The number of amides is 2. The Morgan fingerprint density at radius 3 is 1.89 bits per heavy atom. The third kappa shape index (κ3) is 4.32. The van der Waals surface area contributed by atoms with Crippen LogP contribution in [-0.2, 0) is 9.47 Å². The van der Waals surface area contributed by atoms with Gasteiger partial charge in [0, 0.05) is 12.1 Å². The van der Waals surface area contributed by atoms with Crippen LogP contribution in [-0.4, -0.2) is 51.3 Å². The van der Waals surface area contributed by atoms with E-state index in [9.17, 15) is 9.59 Å². The van der Waals surface area contributed by atoms with E-state index in [1.165, 1.54) is 0 Å². The van der Waals surface area contributed by atoms with Crippen LogP contribution in [0.3, 0.4) is 0 Å². The van der Waals surface area contributed by atoms with E-state index in [1.54, 1.807) is 16.0 Å². The fourth-order valence-electron chi connectivity index (χ4n) is 3.58. The quantitative estimate of drug-likeness (QED) is 0.579. The number of ether oxygens (including phenoxy) is 2. The number of nitrogens with zero attached hydrogens (tertiary/aromatic N) is 2. The molecule has 6 heteroatoms. The average Bonchev–Trinajstić information content (AvgIpc) is 2.93. The van der Waals surface area contributed by atoms with Gasteiger partial charge in [-0.3, -0.25) is 9.80 Å². The molecule has 2 amide bonds. The molecule has 0 saturated heterocycles. The highest BCUT2D eigenvalue weighted by Gasteiger charge is 2.44. The van der Waals surface area contributed by atoms with Gasteiger partial charge < -0.3 is 9.47 Å². The van der Waals surface area contributed by atoms with Crippen molar-refractivity contribution >= 4 is 12.2 Å². The van der Waals surface area contributed by atoms with Crippen molar-refractivity contribution in [3.8, 4) is 0 Å². The SMILES string of the molecule is CC(C)(C)OC(=O)N1C=C[C@H]2C=C[C@H]1[C@@H]1C=CC=C[C@@H]2N1C(=O)OC(C)(C)C. The lowest BCUT2D eigenvalue weighted by Crippen LogP contribution is -2.57. The van der Waals surface area contributed by atoms with Crippen molar-refractivity contribution in [3.05, 3.63) is 48.7 Å². The summed E-state index contributed by atoms with van der Waals surface area (Å²) in [6.07, 6.45) is 14.7. The number of rotatable bonds is 0. The topological polar surface area (TPSA) is 59.1 Å². The summed E-state index contributed by atoms with van der Waals surface area (Å²) in [5, 5.41) is 0. The highest BCUT2D eigenvalue weighted by molar-refractivity contribution is 5.73. The normalized spacial score (nSPS) is 28.6. The summed E-state index contributed by atoms with van der Waals surface area (Å²) in [5.74, 6) is -0.0661. The first-order chi connectivity index (χ1) is 13.0. The molecule has 0 radical (unpaired) electrons. The number of carbonyl (C=O) groups excluding carboxylic acids is 2. The molecule has 0 aromatic heterocycles. The summed E-state index contributed by atoms with van der Waals surface area (Å²) in [5.41, 5.74) is -1.22. The van der Waals surface area contributed by atoms with Crippen molar-refractivity contribution in [1.82, 2.24) is 9.80 Å². The maximum Gasteiger partial charge on any atom is 0.414 e. The molecule has 0 aromatic rings. The predicted octanol–water partition coefficient (Wildman–Crippen LogP) is 4.41. The van der Waals surface area contributed by atoms with E-state index < -0.39 is 23.4 Å². The number of hydrogen-bond acceptors (Lipinski definition) is 4. The number of hydrogen-bond donors (Lipinski definition) is 0. The molecular weight excluding hydrogens is 356 g/mol. The molecule has 0 aliphatic carbocycles. The van der Waals surface area contributed by atoms with E-state index in [-0.39, 0.29) is 24.0 Å². The zero-order valence-corrected chi connectivity index (χ0v) is 17.5. The molecule has 3 heterocycles. The fourth-order valence-corrected chi connectivity index (χ4v) is 3.58. The monoisotopic (exact) mass is 386 g/mol. The minimum absolute atomic E-state index is 0.0661. The van der Waals surface area contributed by atoms with Crippen LogP contribution in [0.25, 0.3) is 0 Å². The molecule has 0 unspecified atom stereocenters. The molecule has 4 atom stereocenters. The molecule has 6 nitrogen and oxygen atoms in total. The van der Waals surface area contributed by atoms with Crippen LogP contribution < -0.4 is 0 Å². The highest BCUT2D eigenvalue weighted by Crippen LogP contribution is 2.34. The minimum Gasteiger partial charge on any atom is -0.444 e. The first-order valence-electron chi connectivity index (χ1n) is 9.70. The van der Waals surface area contributed by atoms with Crippen molar-refractivity contribution in [2.45, 2.75) is 70.9 Å². The van der Waals surface area contributed by atoms with Gasteiger partial charge in [0.25, 0.3) is 0 Å². The Morgan fingerprint density at radius 2 is 1.29 bits per heavy atom. The molecule has 3 rings (SSSR count). The summed E-state index contributed by atoms with van der Waals surface area (Å²) < 4.78 is 11.3. The first kappa shape index (κ1) is 20.2. The van der Waals surface area contributed by atoms with Gasteiger partial charge in [-0.2, -0.15) is 0 Å². The van der Waals surface area contributed by atoms with E-state index in [2.05, 4.69) is 6.08 Å². The molecule has 3 aliphatic rings. The van der Waals surface area contributed by atoms with Crippen molar-refractivity contribution < 1.29 is 19.1 Å². The Balaban J connectivity index is 2.00. The van der Waals surface area contributed by atoms with Crippen molar-refractivity contribution in [3.63, 3.8) is 0 Å². The fraction of sp³-hybridized carbons (Fsp3) is 0.545. The van der Waals surface area contributed by atoms with E-state index in [4.69, 9.17) is 9.47 Å². The highest BCUT2D eigenvalue weighted by atomic mass is 16.6. The van der Waals surface area contributed by atoms with Gasteiger partial charge in [0.2, 0.25) is 0 Å². The molecule has 4 bridgehead atoms. The second kappa shape index (κ2) is 7.15. The molecule has 0 saturated carbocycles. The van der Waals surface area contributed by atoms with Crippen LogP contribution >= 0.6 is 0 Å². The lowest BCUT2D eigenvalue weighted by molar-refractivity contribution is -0.000598. The van der Waals surface area contributed by atoms with Gasteiger partial charge in [-0.25, -0.2) is 9.59 Å². The second-order valence-electron chi connectivity index (χ2n) is 9.32. The van der Waals surface area contributed by atoms with Gasteiger partial charge in [-0.15, -0.1) is 0 Å². The molecule has 0 fully saturated rings. The van der Waals surface area contributed by atoms with Gasteiger partial charge in [-0.05, 0) is 41.5 Å². The van der Waals surface area contributed by atoms with E-state index >= 15 is 0 Å². The van der Waals surface area contributed by atoms with Crippen LogP contribution in [0.15, 0.2) is 48.7 Å². The van der Waals surface area contributed by atoms with Crippen molar-refractivity contribution in [1.29, 1.82) is 0 Å². The maximum atomic E-state index is 13.1. The molecule has 0 N–H and O–H groups in total. The smallest absolute Gasteiger partial charge is 0.414 e. The summed E-state index contributed by atoms with van der Waals surface area (Å²) in [4.78, 5) is 29.3. The Kier molecular flexibility index (Phi) is 5.17. The van der Waals surface area contributed by atoms with E-state index in [0.717, 1.165) is 0 Å². The third-order valence-corrected chi connectivity index (χ3v) is 4.64. The zero-order valence-electron chi connectivity index (χ0n) is 17.5. The first-order valence-corrected chi connectivity index (χ1v) is 9.70. The number of allylic oxidation sites excluding steroid dienone is 2. The maximum absolute atomic E-state index is 13.1. The molecule has 28 heavy (non-hydrogen) atoms. The van der Waals surface area contributed by atoms with E-state index in [0.29, 0.717) is 0 Å². The van der Waals surface area contributed by atoms with Gasteiger partial charge in [0.05, 0.1) is 18.1 Å². The molecule has 0 aromatic carbocycles. The van der Waals surface area contributed by atoms with Crippen LogP contribution in [0.1, 0.15) is 41.5 Å². The van der Waals surface area contributed by atoms with Crippen molar-refractivity contribution in [2.75, 3.05) is 0 Å². The molecule has 0 spiro atoms. The predicted molar refractivity (Wildman–Crippen MR) is 108 cm³/mol.